The second-order valence-electron chi connectivity index (χ2n) is 6.09. The molecule has 0 aromatic carbocycles. The van der Waals surface area contributed by atoms with E-state index in [0.29, 0.717) is 11.3 Å². The van der Waals surface area contributed by atoms with Crippen molar-refractivity contribution in [2.75, 3.05) is 0 Å². The molecule has 2 aliphatic rings. The van der Waals surface area contributed by atoms with Crippen LogP contribution < -0.4 is 4.72 Å². The maximum Gasteiger partial charge on any atom is 0.214 e. The molecule has 3 nitrogen and oxygen atoms in total. The fourth-order valence-corrected chi connectivity index (χ4v) is 3.73. The molecule has 1 N–H and O–H groups in total. The fraction of sp³-hybridized carbons (Fsp3) is 1.00. The number of hydrogen-bond donors (Lipinski definition) is 1. The van der Waals surface area contributed by atoms with Crippen LogP contribution >= 0.6 is 0 Å². The van der Waals surface area contributed by atoms with E-state index in [1.165, 1.54) is 0 Å². The smallest absolute Gasteiger partial charge is 0.212 e. The highest BCUT2D eigenvalue weighted by Crippen LogP contribution is 2.42. The van der Waals surface area contributed by atoms with Crippen LogP contribution in [0.3, 0.4) is 0 Å². The average molecular weight is 231 g/mol. The van der Waals surface area contributed by atoms with Crippen LogP contribution in [0.5, 0.6) is 0 Å². The van der Waals surface area contributed by atoms with Crippen molar-refractivity contribution in [3.8, 4) is 0 Å². The van der Waals surface area contributed by atoms with Gasteiger partial charge in [-0.2, -0.15) is 0 Å². The molecular weight excluding hydrogens is 210 g/mol. The summed E-state index contributed by atoms with van der Waals surface area (Å²) < 4.78 is 26.1. The minimum atomic E-state index is -2.97. The van der Waals surface area contributed by atoms with Gasteiger partial charge in [-0.15, -0.1) is 0 Å². The third kappa shape index (κ3) is 2.53. The number of rotatable bonds is 3. The zero-order valence-electron chi connectivity index (χ0n) is 9.79. The lowest BCUT2D eigenvalue weighted by molar-refractivity contribution is 0.110. The van der Waals surface area contributed by atoms with Crippen LogP contribution in [0.2, 0.25) is 0 Å². The topological polar surface area (TPSA) is 46.2 Å². The molecule has 0 aromatic rings. The summed E-state index contributed by atoms with van der Waals surface area (Å²) in [5, 5.41) is -0.0776. The van der Waals surface area contributed by atoms with E-state index in [2.05, 4.69) is 25.5 Å². The highest BCUT2D eigenvalue weighted by Gasteiger charge is 2.42. The molecule has 0 spiro atoms. The number of hydrogen-bond acceptors (Lipinski definition) is 2. The van der Waals surface area contributed by atoms with Gasteiger partial charge in [0.15, 0.2) is 0 Å². The highest BCUT2D eigenvalue weighted by molar-refractivity contribution is 7.90. The Morgan fingerprint density at radius 3 is 2.07 bits per heavy atom. The van der Waals surface area contributed by atoms with E-state index in [-0.39, 0.29) is 11.3 Å². The van der Waals surface area contributed by atoms with Gasteiger partial charge in [-0.25, -0.2) is 13.1 Å². The summed E-state index contributed by atoms with van der Waals surface area (Å²) in [6.45, 7) is 6.68. The summed E-state index contributed by atoms with van der Waals surface area (Å²) in [4.78, 5) is 0. The Hall–Kier alpha value is -0.0900. The maximum atomic E-state index is 11.6. The molecule has 88 valence electrons. The van der Waals surface area contributed by atoms with E-state index in [0.717, 1.165) is 25.7 Å². The van der Waals surface area contributed by atoms with Crippen molar-refractivity contribution >= 4 is 10.0 Å². The molecule has 0 aliphatic heterocycles. The normalized spacial score (nSPS) is 32.5. The van der Waals surface area contributed by atoms with Crippen molar-refractivity contribution in [2.24, 2.45) is 11.3 Å². The van der Waals surface area contributed by atoms with Gasteiger partial charge in [-0.05, 0) is 37.0 Å². The Balaban J connectivity index is 1.81. The van der Waals surface area contributed by atoms with Crippen molar-refractivity contribution in [1.82, 2.24) is 4.72 Å². The van der Waals surface area contributed by atoms with Crippen molar-refractivity contribution in [3.63, 3.8) is 0 Å². The molecule has 0 amide bonds. The Morgan fingerprint density at radius 1 is 1.13 bits per heavy atom. The molecule has 2 aliphatic carbocycles. The third-order valence-electron chi connectivity index (χ3n) is 3.66. The molecule has 0 atom stereocenters. The molecule has 2 fully saturated rings. The van der Waals surface area contributed by atoms with Gasteiger partial charge in [-0.3, -0.25) is 0 Å². The van der Waals surface area contributed by atoms with Gasteiger partial charge in [0.05, 0.1) is 5.25 Å². The summed E-state index contributed by atoms with van der Waals surface area (Å²) in [5.41, 5.74) is 0.321. The lowest BCUT2D eigenvalue weighted by atomic mass is 9.66. The molecule has 2 rings (SSSR count). The lowest BCUT2D eigenvalue weighted by Gasteiger charge is -2.43. The van der Waals surface area contributed by atoms with E-state index in [9.17, 15) is 8.42 Å². The first-order chi connectivity index (χ1) is 6.79. The summed E-state index contributed by atoms with van der Waals surface area (Å²) in [5.74, 6) is 0.671. The minimum Gasteiger partial charge on any atom is -0.212 e. The zero-order valence-corrected chi connectivity index (χ0v) is 10.6. The molecule has 0 bridgehead atoms. The van der Waals surface area contributed by atoms with Gasteiger partial charge < -0.3 is 0 Å². The van der Waals surface area contributed by atoms with Crippen LogP contribution in [0.1, 0.15) is 46.5 Å². The molecule has 0 saturated heterocycles. The monoisotopic (exact) mass is 231 g/mol. The zero-order chi connectivity index (χ0) is 11.3. The molecular formula is C11H21NO2S. The quantitative estimate of drug-likeness (QED) is 0.806. The SMILES string of the molecule is CC(C)(C)C1CC(NS(=O)(=O)C2CC2)C1. The van der Waals surface area contributed by atoms with Gasteiger partial charge in [0.25, 0.3) is 0 Å². The summed E-state index contributed by atoms with van der Waals surface area (Å²) in [6.07, 6.45) is 3.72. The summed E-state index contributed by atoms with van der Waals surface area (Å²) in [6, 6.07) is 0.208. The Morgan fingerprint density at radius 2 is 1.67 bits per heavy atom. The summed E-state index contributed by atoms with van der Waals surface area (Å²) >= 11 is 0. The molecule has 2 saturated carbocycles. The van der Waals surface area contributed by atoms with Gasteiger partial charge >= 0.3 is 0 Å². The average Bonchev–Trinajstić information content (AvgIpc) is 2.74. The number of sulfonamides is 1. The van der Waals surface area contributed by atoms with Crippen LogP contribution in [-0.2, 0) is 10.0 Å². The van der Waals surface area contributed by atoms with Gasteiger partial charge in [0.2, 0.25) is 10.0 Å². The van der Waals surface area contributed by atoms with Crippen molar-refractivity contribution in [3.05, 3.63) is 0 Å². The first kappa shape index (κ1) is 11.4. The van der Waals surface area contributed by atoms with E-state index >= 15 is 0 Å². The highest BCUT2D eigenvalue weighted by atomic mass is 32.2. The van der Waals surface area contributed by atoms with Gasteiger partial charge in [0, 0.05) is 6.04 Å². The number of nitrogens with one attached hydrogen (secondary N) is 1. The van der Waals surface area contributed by atoms with Crippen molar-refractivity contribution < 1.29 is 8.42 Å². The molecule has 0 aromatic heterocycles. The summed E-state index contributed by atoms with van der Waals surface area (Å²) in [7, 11) is -2.97. The predicted octanol–water partition coefficient (Wildman–Crippen LogP) is 1.89. The molecule has 15 heavy (non-hydrogen) atoms. The standard InChI is InChI=1S/C11H21NO2S/c1-11(2,3)8-6-9(7-8)12-15(13,14)10-4-5-10/h8-10,12H,4-7H2,1-3H3. The van der Waals surface area contributed by atoms with Crippen LogP contribution in [0.25, 0.3) is 0 Å². The molecule has 0 heterocycles. The van der Waals surface area contributed by atoms with Crippen LogP contribution in [-0.4, -0.2) is 19.7 Å². The van der Waals surface area contributed by atoms with Crippen LogP contribution in [0, 0.1) is 11.3 Å². The Labute approximate surface area is 92.7 Å². The Bertz CT molecular complexity index is 332. The first-order valence-corrected chi connectivity index (χ1v) is 7.35. The predicted molar refractivity (Wildman–Crippen MR) is 61.0 cm³/mol. The van der Waals surface area contributed by atoms with Crippen molar-refractivity contribution in [1.29, 1.82) is 0 Å². The Kier molecular flexibility index (Phi) is 2.62. The first-order valence-electron chi connectivity index (χ1n) is 5.80. The second kappa shape index (κ2) is 3.45. The van der Waals surface area contributed by atoms with Gasteiger partial charge in [-0.1, -0.05) is 20.8 Å². The maximum absolute atomic E-state index is 11.6. The molecule has 0 unspecified atom stereocenters. The van der Waals surface area contributed by atoms with Crippen LogP contribution in [0.4, 0.5) is 0 Å². The van der Waals surface area contributed by atoms with Crippen LogP contribution in [0.15, 0.2) is 0 Å². The second-order valence-corrected chi connectivity index (χ2v) is 8.09. The van der Waals surface area contributed by atoms with E-state index < -0.39 is 10.0 Å². The third-order valence-corrected chi connectivity index (χ3v) is 5.67. The van der Waals surface area contributed by atoms with Crippen molar-refractivity contribution in [2.45, 2.75) is 57.7 Å². The van der Waals surface area contributed by atoms with E-state index in [1.807, 2.05) is 0 Å². The molecule has 0 radical (unpaired) electrons. The molecule has 4 heteroatoms. The minimum absolute atomic E-state index is 0.0776. The largest absolute Gasteiger partial charge is 0.214 e. The fourth-order valence-electron chi connectivity index (χ4n) is 2.13. The van der Waals surface area contributed by atoms with Gasteiger partial charge in [0.1, 0.15) is 0 Å². The van der Waals surface area contributed by atoms with E-state index in [4.69, 9.17) is 0 Å². The van der Waals surface area contributed by atoms with E-state index in [1.54, 1.807) is 0 Å². The lowest BCUT2D eigenvalue weighted by Crippen LogP contribution is -2.48.